The van der Waals surface area contributed by atoms with Crippen molar-refractivity contribution in [1.82, 2.24) is 10.2 Å². The summed E-state index contributed by atoms with van der Waals surface area (Å²) >= 11 is 0. The van der Waals surface area contributed by atoms with Crippen LogP contribution in [0.3, 0.4) is 0 Å². The quantitative estimate of drug-likeness (QED) is 0.775. The molecule has 0 spiro atoms. The minimum absolute atomic E-state index is 0.190. The van der Waals surface area contributed by atoms with Crippen molar-refractivity contribution in [2.75, 3.05) is 19.4 Å². The molecule has 0 aliphatic carbocycles. The van der Waals surface area contributed by atoms with E-state index in [1.165, 1.54) is 38.1 Å². The summed E-state index contributed by atoms with van der Waals surface area (Å²) in [6, 6.07) is 1.90. The summed E-state index contributed by atoms with van der Waals surface area (Å²) in [5.41, 5.74) is -0.830. The molecule has 1 aromatic carbocycles. The largest absolute Gasteiger partial charge is 0.478 e. The molecule has 0 radical (unpaired) electrons. The van der Waals surface area contributed by atoms with Gasteiger partial charge in [0, 0.05) is 14.1 Å². The van der Waals surface area contributed by atoms with Gasteiger partial charge in [0.25, 0.3) is 0 Å². The van der Waals surface area contributed by atoms with Crippen molar-refractivity contribution < 1.29 is 23.9 Å². The molecule has 0 bridgehead atoms. The van der Waals surface area contributed by atoms with Crippen molar-refractivity contribution in [2.24, 2.45) is 0 Å². The fourth-order valence-corrected chi connectivity index (χ4v) is 1.65. The van der Waals surface area contributed by atoms with Crippen molar-refractivity contribution >= 4 is 23.6 Å². The molecule has 0 heterocycles. The van der Waals surface area contributed by atoms with E-state index in [0.29, 0.717) is 0 Å². The van der Waals surface area contributed by atoms with Crippen LogP contribution in [0.4, 0.5) is 14.9 Å². The van der Waals surface area contributed by atoms with Gasteiger partial charge in [-0.05, 0) is 19.1 Å². The number of amides is 3. The van der Waals surface area contributed by atoms with Gasteiger partial charge in [-0.3, -0.25) is 4.79 Å². The normalized spacial score (nSPS) is 11.4. The Morgan fingerprint density at radius 1 is 1.29 bits per heavy atom. The first-order valence-corrected chi connectivity index (χ1v) is 6.04. The summed E-state index contributed by atoms with van der Waals surface area (Å²) in [5.74, 6) is -2.79. The van der Waals surface area contributed by atoms with E-state index < -0.39 is 29.4 Å². The zero-order valence-corrected chi connectivity index (χ0v) is 11.8. The monoisotopic (exact) mass is 297 g/mol. The summed E-state index contributed by atoms with van der Waals surface area (Å²) in [5, 5.41) is 13.5. The lowest BCUT2D eigenvalue weighted by molar-refractivity contribution is -0.130. The predicted molar refractivity (Wildman–Crippen MR) is 73.7 cm³/mol. The van der Waals surface area contributed by atoms with Gasteiger partial charge in [-0.25, -0.2) is 14.0 Å². The zero-order chi connectivity index (χ0) is 16.2. The Hall–Kier alpha value is -2.64. The van der Waals surface area contributed by atoms with Gasteiger partial charge in [0.2, 0.25) is 5.91 Å². The van der Waals surface area contributed by atoms with E-state index in [1.807, 2.05) is 0 Å². The van der Waals surface area contributed by atoms with Gasteiger partial charge in [-0.2, -0.15) is 0 Å². The number of anilines is 1. The molecular formula is C13H16FN3O4. The van der Waals surface area contributed by atoms with Gasteiger partial charge in [-0.1, -0.05) is 6.07 Å². The number of urea groups is 1. The van der Waals surface area contributed by atoms with Crippen LogP contribution in [0.1, 0.15) is 17.3 Å². The van der Waals surface area contributed by atoms with Crippen LogP contribution in [0.2, 0.25) is 0 Å². The second-order valence-electron chi connectivity index (χ2n) is 4.52. The Morgan fingerprint density at radius 3 is 2.43 bits per heavy atom. The standard InChI is InChI=1S/C13H16FN3O4/c1-7(11(18)17(2)3)15-13(21)16-9-6-4-5-8(14)10(9)12(19)20/h4-7H,1-3H3,(H,19,20)(H2,15,16,21). The molecule has 0 aliphatic rings. The summed E-state index contributed by atoms with van der Waals surface area (Å²) in [6.45, 7) is 1.48. The number of hydrogen-bond acceptors (Lipinski definition) is 3. The number of benzene rings is 1. The molecule has 7 nitrogen and oxygen atoms in total. The second-order valence-corrected chi connectivity index (χ2v) is 4.52. The topological polar surface area (TPSA) is 98.7 Å². The number of nitrogens with zero attached hydrogens (tertiary/aromatic N) is 1. The Morgan fingerprint density at radius 2 is 1.90 bits per heavy atom. The van der Waals surface area contributed by atoms with Crippen molar-refractivity contribution in [1.29, 1.82) is 0 Å². The Labute approximate surface area is 120 Å². The number of hydrogen-bond donors (Lipinski definition) is 3. The van der Waals surface area contributed by atoms with Gasteiger partial charge in [0.15, 0.2) is 0 Å². The van der Waals surface area contributed by atoms with Crippen molar-refractivity contribution in [2.45, 2.75) is 13.0 Å². The maximum Gasteiger partial charge on any atom is 0.340 e. The van der Waals surface area contributed by atoms with Crippen LogP contribution in [0.5, 0.6) is 0 Å². The summed E-state index contributed by atoms with van der Waals surface area (Å²) in [4.78, 5) is 35.6. The first-order valence-electron chi connectivity index (χ1n) is 6.04. The van der Waals surface area contributed by atoms with Gasteiger partial charge in [0.1, 0.15) is 17.4 Å². The highest BCUT2D eigenvalue weighted by atomic mass is 19.1. The lowest BCUT2D eigenvalue weighted by Crippen LogP contribution is -2.45. The molecular weight excluding hydrogens is 281 g/mol. The number of carbonyl (C=O) groups excluding carboxylic acids is 2. The summed E-state index contributed by atoms with van der Waals surface area (Å²) < 4.78 is 13.4. The van der Waals surface area contributed by atoms with Gasteiger partial charge in [-0.15, -0.1) is 0 Å². The van der Waals surface area contributed by atoms with Crippen LogP contribution in [-0.4, -0.2) is 48.1 Å². The third-order valence-electron chi connectivity index (χ3n) is 2.63. The van der Waals surface area contributed by atoms with Crippen LogP contribution in [0.25, 0.3) is 0 Å². The van der Waals surface area contributed by atoms with E-state index >= 15 is 0 Å². The first-order chi connectivity index (χ1) is 9.73. The molecule has 0 aliphatic heterocycles. The van der Waals surface area contributed by atoms with Crippen LogP contribution in [0, 0.1) is 5.82 Å². The molecule has 0 saturated carbocycles. The fourth-order valence-electron chi connectivity index (χ4n) is 1.65. The number of carboxylic acid groups (broad SMARTS) is 1. The van der Waals surface area contributed by atoms with E-state index in [0.717, 1.165) is 6.07 Å². The number of rotatable bonds is 4. The minimum atomic E-state index is -1.50. The SMILES string of the molecule is CC(NC(=O)Nc1cccc(F)c1C(=O)O)C(=O)N(C)C. The molecule has 0 fully saturated rings. The minimum Gasteiger partial charge on any atom is -0.478 e. The molecule has 3 N–H and O–H groups in total. The van der Waals surface area contributed by atoms with Crippen LogP contribution in [-0.2, 0) is 4.79 Å². The Bertz CT molecular complexity index is 575. The van der Waals surface area contributed by atoms with E-state index in [1.54, 1.807) is 0 Å². The van der Waals surface area contributed by atoms with E-state index in [2.05, 4.69) is 10.6 Å². The van der Waals surface area contributed by atoms with Gasteiger partial charge in [0.05, 0.1) is 5.69 Å². The van der Waals surface area contributed by atoms with Crippen LogP contribution in [0.15, 0.2) is 18.2 Å². The second kappa shape index (κ2) is 6.69. The third-order valence-corrected chi connectivity index (χ3v) is 2.63. The van der Waals surface area contributed by atoms with E-state index in [9.17, 15) is 18.8 Å². The number of nitrogens with one attached hydrogen (secondary N) is 2. The van der Waals surface area contributed by atoms with Crippen molar-refractivity contribution in [3.63, 3.8) is 0 Å². The van der Waals surface area contributed by atoms with Gasteiger partial charge < -0.3 is 20.6 Å². The lowest BCUT2D eigenvalue weighted by atomic mass is 10.1. The Balaban J connectivity index is 2.83. The highest BCUT2D eigenvalue weighted by Crippen LogP contribution is 2.18. The molecule has 8 heteroatoms. The predicted octanol–water partition coefficient (Wildman–Crippen LogP) is 1.12. The van der Waals surface area contributed by atoms with Gasteiger partial charge >= 0.3 is 12.0 Å². The molecule has 3 amide bonds. The number of aromatic carboxylic acids is 1. The average Bonchev–Trinajstić information content (AvgIpc) is 2.36. The molecule has 1 atom stereocenters. The molecule has 1 unspecified atom stereocenters. The highest BCUT2D eigenvalue weighted by molar-refractivity contribution is 6.01. The molecule has 0 saturated heterocycles. The molecule has 1 aromatic rings. The number of carboxylic acids is 1. The van der Waals surface area contributed by atoms with Crippen LogP contribution >= 0.6 is 0 Å². The number of halogens is 1. The maximum absolute atomic E-state index is 13.4. The first kappa shape index (κ1) is 16.4. The lowest BCUT2D eigenvalue weighted by Gasteiger charge is -2.18. The van der Waals surface area contributed by atoms with Crippen molar-refractivity contribution in [3.8, 4) is 0 Å². The van der Waals surface area contributed by atoms with E-state index in [-0.39, 0.29) is 11.6 Å². The highest BCUT2D eigenvalue weighted by Gasteiger charge is 2.20. The summed E-state index contributed by atoms with van der Waals surface area (Å²) in [7, 11) is 3.07. The molecule has 114 valence electrons. The average molecular weight is 297 g/mol. The third kappa shape index (κ3) is 4.16. The number of likely N-dealkylation sites (N-methyl/N-ethyl adjacent to an activating group) is 1. The summed E-state index contributed by atoms with van der Waals surface area (Å²) in [6.07, 6.45) is 0. The molecule has 0 aromatic heterocycles. The van der Waals surface area contributed by atoms with Crippen molar-refractivity contribution in [3.05, 3.63) is 29.6 Å². The zero-order valence-electron chi connectivity index (χ0n) is 11.8. The van der Waals surface area contributed by atoms with E-state index in [4.69, 9.17) is 5.11 Å². The maximum atomic E-state index is 13.4. The number of carbonyl (C=O) groups is 3. The Kier molecular flexibility index (Phi) is 5.23. The molecule has 1 rings (SSSR count). The van der Waals surface area contributed by atoms with Crippen LogP contribution < -0.4 is 10.6 Å². The molecule has 21 heavy (non-hydrogen) atoms. The smallest absolute Gasteiger partial charge is 0.340 e. The fraction of sp³-hybridized carbons (Fsp3) is 0.308.